The molecule has 0 unspecified atom stereocenters. The number of ether oxygens (including phenoxy) is 3. The summed E-state index contributed by atoms with van der Waals surface area (Å²) in [5.41, 5.74) is -0.765. The van der Waals surface area contributed by atoms with Crippen LogP contribution in [0.3, 0.4) is 0 Å². The van der Waals surface area contributed by atoms with E-state index in [-0.39, 0.29) is 35.8 Å². The monoisotopic (exact) mass is 531 g/mol. The third-order valence-corrected chi connectivity index (χ3v) is 5.41. The van der Waals surface area contributed by atoms with E-state index in [2.05, 4.69) is 10.6 Å². The van der Waals surface area contributed by atoms with E-state index in [9.17, 15) is 22.8 Å². The molecule has 12 nitrogen and oxygen atoms in total. The van der Waals surface area contributed by atoms with Crippen LogP contribution in [0.4, 0.5) is 10.5 Å². The second kappa shape index (κ2) is 11.9. The number of primary sulfonamides is 1. The van der Waals surface area contributed by atoms with E-state index in [1.165, 1.54) is 12.3 Å². The smallest absolute Gasteiger partial charge is 0.407 e. The van der Waals surface area contributed by atoms with Crippen LogP contribution in [-0.2, 0) is 35.6 Å². The fraction of sp³-hybridized carbons (Fsp3) is 0.381. The number of halogens is 1. The van der Waals surface area contributed by atoms with Gasteiger partial charge in [-0.15, -0.1) is 0 Å². The normalized spacial score (nSPS) is 11.5. The summed E-state index contributed by atoms with van der Waals surface area (Å²) in [6, 6.07) is 5.51. The van der Waals surface area contributed by atoms with Crippen LogP contribution in [0.25, 0.3) is 0 Å². The maximum Gasteiger partial charge on any atom is 0.407 e. The number of furan rings is 1. The van der Waals surface area contributed by atoms with Gasteiger partial charge in [0.2, 0.25) is 16.8 Å². The number of hydrogen-bond donors (Lipinski definition) is 3. The highest BCUT2D eigenvalue weighted by atomic mass is 35.5. The molecule has 0 aliphatic heterocycles. The summed E-state index contributed by atoms with van der Waals surface area (Å²) in [4.78, 5) is 35.5. The van der Waals surface area contributed by atoms with E-state index >= 15 is 0 Å². The lowest BCUT2D eigenvalue weighted by Crippen LogP contribution is -2.33. The molecule has 2 rings (SSSR count). The Kier molecular flexibility index (Phi) is 9.51. The Bertz CT molecular complexity index is 1160. The minimum Gasteiger partial charge on any atom is -0.467 e. The molecule has 14 heteroatoms. The number of sulfonamides is 1. The molecular weight excluding hydrogens is 506 g/mol. The number of anilines is 1. The quantitative estimate of drug-likeness (QED) is 0.305. The Morgan fingerprint density at radius 1 is 1.17 bits per heavy atom. The number of alkyl carbamates (subject to hydrolysis) is 1. The molecule has 0 bridgehead atoms. The van der Waals surface area contributed by atoms with Crippen LogP contribution in [0.5, 0.6) is 0 Å². The summed E-state index contributed by atoms with van der Waals surface area (Å²) in [5.74, 6) is -1.23. The molecule has 0 saturated heterocycles. The molecule has 0 aliphatic carbocycles. The van der Waals surface area contributed by atoms with Crippen molar-refractivity contribution in [3.8, 4) is 0 Å². The molecule has 1 amide bonds. The van der Waals surface area contributed by atoms with Crippen molar-refractivity contribution < 1.29 is 41.4 Å². The van der Waals surface area contributed by atoms with Gasteiger partial charge in [0.15, 0.2) is 0 Å². The molecule has 35 heavy (non-hydrogen) atoms. The van der Waals surface area contributed by atoms with Gasteiger partial charge in [0.05, 0.1) is 35.5 Å². The van der Waals surface area contributed by atoms with Crippen LogP contribution in [0, 0.1) is 0 Å². The molecule has 0 atom stereocenters. The lowest BCUT2D eigenvalue weighted by Gasteiger charge is -2.19. The number of esters is 2. The molecular formula is C21H26ClN3O9S. The summed E-state index contributed by atoms with van der Waals surface area (Å²) in [7, 11) is -4.24. The Morgan fingerprint density at radius 2 is 1.89 bits per heavy atom. The Labute approximate surface area is 207 Å². The van der Waals surface area contributed by atoms with Crippen molar-refractivity contribution in [3.05, 3.63) is 46.9 Å². The fourth-order valence-electron chi connectivity index (χ4n) is 2.56. The van der Waals surface area contributed by atoms with Crippen molar-refractivity contribution in [1.29, 1.82) is 0 Å². The molecule has 1 aromatic heterocycles. The van der Waals surface area contributed by atoms with E-state index < -0.39 is 45.3 Å². The van der Waals surface area contributed by atoms with E-state index in [0.29, 0.717) is 5.76 Å². The van der Waals surface area contributed by atoms with Crippen molar-refractivity contribution in [2.75, 3.05) is 18.7 Å². The Hall–Kier alpha value is -3.29. The average molecular weight is 532 g/mol. The minimum atomic E-state index is -4.24. The number of carbonyl (C=O) groups excluding carboxylic acids is 3. The molecule has 0 aliphatic rings. The van der Waals surface area contributed by atoms with Crippen molar-refractivity contribution in [2.24, 2.45) is 5.14 Å². The number of amides is 1. The topological polar surface area (TPSA) is 176 Å². The number of carbonyl (C=O) groups is 3. The first-order chi connectivity index (χ1) is 16.3. The number of nitrogens with one attached hydrogen (secondary N) is 2. The molecule has 1 aromatic carbocycles. The summed E-state index contributed by atoms with van der Waals surface area (Å²) in [6.45, 7) is 4.42. The summed E-state index contributed by atoms with van der Waals surface area (Å²) < 4.78 is 43.6. The fourth-order valence-corrected chi connectivity index (χ4v) is 3.66. The Morgan fingerprint density at radius 3 is 2.49 bits per heavy atom. The van der Waals surface area contributed by atoms with Gasteiger partial charge in [0.1, 0.15) is 16.3 Å². The molecule has 0 fully saturated rings. The SMILES string of the molecule is CC(C)(C)OC(=O)NCCC(=O)OCOC(=O)c1cc(S(N)(=O)=O)c(Cl)cc1NCc1ccco1. The highest BCUT2D eigenvalue weighted by molar-refractivity contribution is 7.89. The van der Waals surface area contributed by atoms with Crippen LogP contribution in [-0.4, -0.2) is 45.4 Å². The second-order valence-corrected chi connectivity index (χ2v) is 9.99. The summed E-state index contributed by atoms with van der Waals surface area (Å²) in [5, 5.41) is 10.2. The zero-order valence-corrected chi connectivity index (χ0v) is 20.8. The predicted octanol–water partition coefficient (Wildman–Crippen LogP) is 2.76. The van der Waals surface area contributed by atoms with E-state index in [1.54, 1.807) is 32.9 Å². The van der Waals surface area contributed by atoms with E-state index in [1.807, 2.05) is 0 Å². The van der Waals surface area contributed by atoms with Crippen LogP contribution in [0.2, 0.25) is 5.02 Å². The van der Waals surface area contributed by atoms with Crippen LogP contribution < -0.4 is 15.8 Å². The maximum absolute atomic E-state index is 12.6. The number of benzene rings is 1. The van der Waals surface area contributed by atoms with Gasteiger partial charge in [0.25, 0.3) is 0 Å². The zero-order chi connectivity index (χ0) is 26.2. The standard InChI is InChI=1S/C21H26ClN3O9S/c1-21(2,3)34-20(28)24-7-6-18(26)32-12-33-19(27)14-9-17(35(23,29)30)15(22)10-16(14)25-11-13-5-4-8-31-13/h4-5,8-10,25H,6-7,11-12H2,1-3H3,(H,24,28)(H2,23,29,30). The van der Waals surface area contributed by atoms with Gasteiger partial charge >= 0.3 is 18.0 Å². The van der Waals surface area contributed by atoms with E-state index in [4.69, 9.17) is 35.4 Å². The molecule has 0 saturated carbocycles. The van der Waals surface area contributed by atoms with Gasteiger partial charge in [0, 0.05) is 6.54 Å². The Balaban J connectivity index is 1.97. The molecule has 0 spiro atoms. The highest BCUT2D eigenvalue weighted by Crippen LogP contribution is 2.29. The van der Waals surface area contributed by atoms with Gasteiger partial charge in [-0.2, -0.15) is 0 Å². The van der Waals surface area contributed by atoms with Gasteiger partial charge in [-0.25, -0.2) is 23.1 Å². The largest absolute Gasteiger partial charge is 0.467 e. The average Bonchev–Trinajstić information content (AvgIpc) is 3.23. The first kappa shape index (κ1) is 28.0. The molecule has 2 aromatic rings. The number of hydrogen-bond acceptors (Lipinski definition) is 10. The van der Waals surface area contributed by atoms with Crippen molar-refractivity contribution in [2.45, 2.75) is 44.2 Å². The molecule has 4 N–H and O–H groups in total. The number of rotatable bonds is 10. The number of nitrogens with two attached hydrogens (primary N) is 1. The lowest BCUT2D eigenvalue weighted by atomic mass is 10.1. The van der Waals surface area contributed by atoms with Gasteiger partial charge in [-0.3, -0.25) is 4.79 Å². The summed E-state index contributed by atoms with van der Waals surface area (Å²) >= 11 is 6.02. The van der Waals surface area contributed by atoms with Crippen molar-refractivity contribution in [1.82, 2.24) is 5.32 Å². The summed E-state index contributed by atoms with van der Waals surface area (Å²) in [6.07, 6.45) is 0.559. The van der Waals surface area contributed by atoms with E-state index in [0.717, 1.165) is 6.07 Å². The van der Waals surface area contributed by atoms with Crippen molar-refractivity contribution >= 4 is 45.3 Å². The van der Waals surface area contributed by atoms with Crippen LogP contribution >= 0.6 is 11.6 Å². The lowest BCUT2D eigenvalue weighted by molar-refractivity contribution is -0.151. The first-order valence-electron chi connectivity index (χ1n) is 10.2. The van der Waals surface area contributed by atoms with Gasteiger partial charge in [-0.1, -0.05) is 11.6 Å². The first-order valence-corrected chi connectivity index (χ1v) is 12.1. The molecule has 1 heterocycles. The van der Waals surface area contributed by atoms with Gasteiger partial charge in [-0.05, 0) is 45.0 Å². The zero-order valence-electron chi connectivity index (χ0n) is 19.3. The van der Waals surface area contributed by atoms with Crippen LogP contribution in [0.1, 0.15) is 43.3 Å². The molecule has 0 radical (unpaired) electrons. The highest BCUT2D eigenvalue weighted by Gasteiger charge is 2.22. The minimum absolute atomic E-state index is 0.0581. The second-order valence-electron chi connectivity index (χ2n) is 8.05. The third kappa shape index (κ3) is 9.47. The third-order valence-electron chi connectivity index (χ3n) is 4.04. The molecule has 192 valence electrons. The van der Waals surface area contributed by atoms with Gasteiger partial charge < -0.3 is 29.3 Å². The van der Waals surface area contributed by atoms with Crippen molar-refractivity contribution in [3.63, 3.8) is 0 Å². The van der Waals surface area contributed by atoms with Crippen LogP contribution in [0.15, 0.2) is 39.8 Å². The maximum atomic E-state index is 12.6. The predicted molar refractivity (Wildman–Crippen MR) is 124 cm³/mol.